The van der Waals surface area contributed by atoms with Crippen LogP contribution in [0.4, 0.5) is 0 Å². The molecule has 2 aromatic rings. The molecular formula is C20H21Cl2NO2S. The van der Waals surface area contributed by atoms with Gasteiger partial charge in [0, 0.05) is 28.7 Å². The second kappa shape index (κ2) is 9.03. The number of nitrogens with zero attached hydrogens (tertiary/aromatic N) is 1. The van der Waals surface area contributed by atoms with Gasteiger partial charge in [0.05, 0.1) is 11.0 Å². The van der Waals surface area contributed by atoms with Crippen LogP contribution < -0.4 is 0 Å². The van der Waals surface area contributed by atoms with Gasteiger partial charge < -0.3 is 10.0 Å². The average Bonchev–Trinajstić information content (AvgIpc) is 2.66. The maximum Gasteiger partial charge on any atom is 0.232 e. The Kier molecular flexibility index (Phi) is 6.74. The van der Waals surface area contributed by atoms with Crippen LogP contribution in [0.1, 0.15) is 35.6 Å². The van der Waals surface area contributed by atoms with Gasteiger partial charge in [-0.05, 0) is 49.1 Å². The number of carbonyl (C=O) groups excluding carboxylic acids is 1. The molecular weight excluding hydrogens is 389 g/mol. The number of aromatic hydroxyl groups is 1. The highest BCUT2D eigenvalue weighted by atomic mass is 35.5. The van der Waals surface area contributed by atoms with Crippen molar-refractivity contribution in [3.05, 3.63) is 63.6 Å². The molecule has 0 radical (unpaired) electrons. The predicted molar refractivity (Wildman–Crippen MR) is 109 cm³/mol. The molecule has 1 atom stereocenters. The summed E-state index contributed by atoms with van der Waals surface area (Å²) in [5.74, 6) is 0.618. The van der Waals surface area contributed by atoms with Crippen LogP contribution in [-0.4, -0.2) is 34.8 Å². The number of amides is 1. The first-order valence-electron chi connectivity index (χ1n) is 8.68. The summed E-state index contributed by atoms with van der Waals surface area (Å²) >= 11 is 14.0. The third-order valence-electron chi connectivity index (χ3n) is 4.54. The van der Waals surface area contributed by atoms with E-state index in [1.165, 1.54) is 18.2 Å². The van der Waals surface area contributed by atoms with Gasteiger partial charge in [0.2, 0.25) is 5.91 Å². The van der Waals surface area contributed by atoms with Crippen LogP contribution in [0.25, 0.3) is 0 Å². The van der Waals surface area contributed by atoms with E-state index in [0.29, 0.717) is 21.4 Å². The maximum absolute atomic E-state index is 12.6. The summed E-state index contributed by atoms with van der Waals surface area (Å²) in [7, 11) is 0. The molecule has 1 aliphatic rings. The van der Waals surface area contributed by atoms with Crippen molar-refractivity contribution >= 4 is 40.9 Å². The van der Waals surface area contributed by atoms with E-state index < -0.39 is 0 Å². The Morgan fingerprint density at radius 2 is 1.81 bits per heavy atom. The number of phenolic OH excluding ortho intramolecular Hbond substituents is 1. The first-order valence-corrected chi connectivity index (χ1v) is 10.5. The minimum atomic E-state index is -0.267. The van der Waals surface area contributed by atoms with Crippen LogP contribution in [0.3, 0.4) is 0 Å². The lowest BCUT2D eigenvalue weighted by Crippen LogP contribution is -2.36. The molecule has 1 heterocycles. The zero-order valence-electron chi connectivity index (χ0n) is 14.3. The largest absolute Gasteiger partial charge is 0.508 e. The van der Waals surface area contributed by atoms with Gasteiger partial charge in [0.25, 0.3) is 0 Å². The molecule has 0 aliphatic carbocycles. The van der Waals surface area contributed by atoms with Crippen LogP contribution in [-0.2, 0) is 4.79 Å². The fourth-order valence-electron chi connectivity index (χ4n) is 3.16. The van der Waals surface area contributed by atoms with Crippen LogP contribution >= 0.6 is 35.0 Å². The Labute approximate surface area is 168 Å². The van der Waals surface area contributed by atoms with E-state index in [4.69, 9.17) is 23.2 Å². The molecule has 1 N–H and O–H groups in total. The van der Waals surface area contributed by atoms with E-state index in [-0.39, 0.29) is 16.9 Å². The summed E-state index contributed by atoms with van der Waals surface area (Å²) in [4.78, 5) is 14.5. The van der Waals surface area contributed by atoms with Crippen LogP contribution in [0.2, 0.25) is 10.0 Å². The lowest BCUT2D eigenvalue weighted by molar-refractivity contribution is -0.129. The highest BCUT2D eigenvalue weighted by molar-refractivity contribution is 8.00. The molecule has 2 aromatic carbocycles. The normalized spacial score (nSPS) is 15.7. The van der Waals surface area contributed by atoms with E-state index in [0.717, 1.165) is 31.5 Å². The Morgan fingerprint density at radius 3 is 2.54 bits per heavy atom. The van der Waals surface area contributed by atoms with Crippen LogP contribution in [0.15, 0.2) is 42.5 Å². The Hall–Kier alpha value is -1.36. The monoisotopic (exact) mass is 409 g/mol. The van der Waals surface area contributed by atoms with Crippen molar-refractivity contribution in [2.45, 2.75) is 24.5 Å². The second-order valence-corrected chi connectivity index (χ2v) is 8.29. The molecule has 1 unspecified atom stereocenters. The molecule has 3 nitrogen and oxygen atoms in total. The Morgan fingerprint density at radius 1 is 1.08 bits per heavy atom. The van der Waals surface area contributed by atoms with Gasteiger partial charge in [-0.1, -0.05) is 41.4 Å². The van der Waals surface area contributed by atoms with Crippen molar-refractivity contribution in [1.29, 1.82) is 0 Å². The average molecular weight is 410 g/mol. The second-order valence-electron chi connectivity index (χ2n) is 6.36. The highest BCUT2D eigenvalue weighted by Gasteiger charge is 2.24. The van der Waals surface area contributed by atoms with E-state index >= 15 is 0 Å². The number of thioether (sulfide) groups is 1. The van der Waals surface area contributed by atoms with Crippen molar-refractivity contribution in [2.75, 3.05) is 18.8 Å². The number of hydrogen-bond donors (Lipinski definition) is 1. The van der Waals surface area contributed by atoms with E-state index in [1.54, 1.807) is 18.2 Å². The molecule has 1 saturated heterocycles. The number of carbonyl (C=O) groups is 1. The topological polar surface area (TPSA) is 40.5 Å². The van der Waals surface area contributed by atoms with E-state index in [1.807, 2.05) is 29.2 Å². The van der Waals surface area contributed by atoms with Crippen molar-refractivity contribution in [3.8, 4) is 5.75 Å². The van der Waals surface area contributed by atoms with Gasteiger partial charge in [-0.2, -0.15) is 0 Å². The van der Waals surface area contributed by atoms with Gasteiger partial charge in [-0.3, -0.25) is 4.79 Å². The van der Waals surface area contributed by atoms with Gasteiger partial charge in [-0.25, -0.2) is 0 Å². The quantitative estimate of drug-likeness (QED) is 0.704. The third kappa shape index (κ3) is 4.67. The van der Waals surface area contributed by atoms with Gasteiger partial charge in [-0.15, -0.1) is 11.8 Å². The fraction of sp³-hybridized carbons (Fsp3) is 0.350. The first-order chi connectivity index (χ1) is 12.6. The van der Waals surface area contributed by atoms with Crippen molar-refractivity contribution in [1.82, 2.24) is 4.90 Å². The number of halogens is 2. The highest BCUT2D eigenvalue weighted by Crippen LogP contribution is 2.43. The number of likely N-dealkylation sites (tertiary alicyclic amines) is 1. The molecule has 0 saturated carbocycles. The summed E-state index contributed by atoms with van der Waals surface area (Å²) in [5, 5.41) is 11.2. The number of piperidine rings is 1. The van der Waals surface area contributed by atoms with Crippen molar-refractivity contribution in [2.24, 2.45) is 0 Å². The van der Waals surface area contributed by atoms with E-state index in [9.17, 15) is 9.90 Å². The molecule has 1 aliphatic heterocycles. The van der Waals surface area contributed by atoms with Crippen molar-refractivity contribution < 1.29 is 9.90 Å². The predicted octanol–water partition coefficient (Wildman–Crippen LogP) is 5.53. The minimum absolute atomic E-state index is 0.133. The zero-order chi connectivity index (χ0) is 18.5. The molecule has 1 fully saturated rings. The lowest BCUT2D eigenvalue weighted by atomic mass is 10.0. The Balaban J connectivity index is 1.85. The smallest absolute Gasteiger partial charge is 0.232 e. The lowest BCUT2D eigenvalue weighted by Gasteiger charge is -2.27. The van der Waals surface area contributed by atoms with Crippen molar-refractivity contribution in [3.63, 3.8) is 0 Å². The summed E-state index contributed by atoms with van der Waals surface area (Å²) in [6.07, 6.45) is 3.33. The molecule has 26 heavy (non-hydrogen) atoms. The summed E-state index contributed by atoms with van der Waals surface area (Å²) in [6, 6.07) is 12.5. The van der Waals surface area contributed by atoms with Gasteiger partial charge in [0.15, 0.2) is 0 Å². The molecule has 1 amide bonds. The third-order valence-corrected chi connectivity index (χ3v) is 6.38. The number of phenols is 1. The Bertz CT molecular complexity index is 778. The first kappa shape index (κ1) is 19.4. The van der Waals surface area contributed by atoms with E-state index in [2.05, 4.69) is 0 Å². The minimum Gasteiger partial charge on any atom is -0.508 e. The van der Waals surface area contributed by atoms with Gasteiger partial charge in [0.1, 0.15) is 5.75 Å². The molecule has 0 aromatic heterocycles. The van der Waals surface area contributed by atoms with Gasteiger partial charge >= 0.3 is 0 Å². The SMILES string of the molecule is O=C(CSC(c1cc(Cl)ccc1O)c1ccccc1Cl)N1CCCCC1. The molecule has 0 spiro atoms. The summed E-state index contributed by atoms with van der Waals surface area (Å²) in [6.45, 7) is 1.66. The molecule has 138 valence electrons. The summed E-state index contributed by atoms with van der Waals surface area (Å²) < 4.78 is 0. The number of rotatable bonds is 5. The standard InChI is InChI=1S/C20H21Cl2NO2S/c21-14-8-9-18(24)16(12-14)20(15-6-2-3-7-17(15)22)26-13-19(25)23-10-4-1-5-11-23/h2-3,6-9,12,20,24H,1,4-5,10-11,13H2. The zero-order valence-corrected chi connectivity index (χ0v) is 16.7. The summed E-state index contributed by atoms with van der Waals surface area (Å²) in [5.41, 5.74) is 1.53. The molecule has 6 heteroatoms. The van der Waals surface area contributed by atoms with Crippen LogP contribution in [0.5, 0.6) is 5.75 Å². The number of benzene rings is 2. The molecule has 3 rings (SSSR count). The van der Waals surface area contributed by atoms with Crippen LogP contribution in [0, 0.1) is 0 Å². The fourth-order valence-corrected chi connectivity index (χ4v) is 4.89. The molecule has 0 bridgehead atoms. The number of hydrogen-bond acceptors (Lipinski definition) is 3. The maximum atomic E-state index is 12.6.